The summed E-state index contributed by atoms with van der Waals surface area (Å²) in [6, 6.07) is 7.56. The van der Waals surface area contributed by atoms with E-state index in [4.69, 9.17) is 5.73 Å². The summed E-state index contributed by atoms with van der Waals surface area (Å²) < 4.78 is 37.0. The molecule has 1 heterocycles. The van der Waals surface area contributed by atoms with Gasteiger partial charge in [-0.15, -0.1) is 0 Å². The zero-order valence-electron chi connectivity index (χ0n) is 13.2. The van der Waals surface area contributed by atoms with Crippen molar-refractivity contribution in [1.82, 2.24) is 15.0 Å². The van der Waals surface area contributed by atoms with Crippen LogP contribution in [0.3, 0.4) is 0 Å². The van der Waals surface area contributed by atoms with E-state index in [1.807, 2.05) is 6.07 Å². The zero-order valence-corrected chi connectivity index (χ0v) is 14.1. The third-order valence-electron chi connectivity index (χ3n) is 2.83. The molecule has 6 nitrogen and oxygen atoms in total. The van der Waals surface area contributed by atoms with Gasteiger partial charge >= 0.3 is 5.51 Å². The van der Waals surface area contributed by atoms with Crippen LogP contribution < -0.4 is 10.6 Å². The summed E-state index contributed by atoms with van der Waals surface area (Å²) in [5, 5.41) is 9.34. The average molecular weight is 366 g/mol. The van der Waals surface area contributed by atoms with Crippen LogP contribution >= 0.6 is 11.8 Å². The average Bonchev–Trinajstić information content (AvgIpc) is 2.52. The van der Waals surface area contributed by atoms with Crippen molar-refractivity contribution in [1.29, 1.82) is 5.26 Å². The van der Waals surface area contributed by atoms with Crippen LogP contribution in [0.2, 0.25) is 0 Å². The minimum atomic E-state index is -4.35. The van der Waals surface area contributed by atoms with Crippen LogP contribution in [0.5, 0.6) is 0 Å². The lowest BCUT2D eigenvalue weighted by Crippen LogP contribution is -2.15. The van der Waals surface area contributed by atoms with Gasteiger partial charge in [-0.3, -0.25) is 0 Å². The number of anilines is 2. The molecule has 2 N–H and O–H groups in total. The fraction of sp³-hybridized carbons (Fsp3) is 0.200. The van der Waals surface area contributed by atoms with Gasteiger partial charge in [-0.05, 0) is 35.5 Å². The number of hydrogen-bond acceptors (Lipinski definition) is 7. The Bertz CT molecular complexity index is 825. The summed E-state index contributed by atoms with van der Waals surface area (Å²) in [4.78, 5) is 13.7. The number of rotatable bonds is 4. The third-order valence-corrected chi connectivity index (χ3v) is 3.57. The van der Waals surface area contributed by atoms with Crippen LogP contribution in [0.15, 0.2) is 29.2 Å². The minimum absolute atomic E-state index is 0.0354. The normalized spacial score (nSPS) is 11.9. The number of hydrogen-bond donors (Lipinski definition) is 1. The predicted molar refractivity (Wildman–Crippen MR) is 90.4 cm³/mol. The van der Waals surface area contributed by atoms with Gasteiger partial charge in [0.2, 0.25) is 11.9 Å². The van der Waals surface area contributed by atoms with Gasteiger partial charge in [-0.1, -0.05) is 12.1 Å². The van der Waals surface area contributed by atoms with Crippen molar-refractivity contribution in [2.75, 3.05) is 24.7 Å². The first-order valence-corrected chi connectivity index (χ1v) is 7.66. The van der Waals surface area contributed by atoms with Gasteiger partial charge < -0.3 is 10.6 Å². The molecule has 0 spiro atoms. The molecule has 0 amide bonds. The van der Waals surface area contributed by atoms with Crippen molar-refractivity contribution in [2.45, 2.75) is 10.4 Å². The van der Waals surface area contributed by atoms with E-state index in [9.17, 15) is 18.4 Å². The van der Waals surface area contributed by atoms with Crippen LogP contribution in [0.4, 0.5) is 25.1 Å². The second kappa shape index (κ2) is 7.40. The molecule has 0 aliphatic carbocycles. The maximum absolute atomic E-state index is 12.3. The van der Waals surface area contributed by atoms with Crippen LogP contribution in [0.25, 0.3) is 11.6 Å². The lowest BCUT2D eigenvalue weighted by Gasteiger charge is -2.11. The highest BCUT2D eigenvalue weighted by atomic mass is 32.2. The number of thioether (sulfide) groups is 1. The van der Waals surface area contributed by atoms with Crippen molar-refractivity contribution in [3.8, 4) is 6.07 Å². The quantitative estimate of drug-likeness (QED) is 0.656. The third kappa shape index (κ3) is 5.36. The molecule has 0 bridgehead atoms. The van der Waals surface area contributed by atoms with Gasteiger partial charge in [-0.2, -0.15) is 33.4 Å². The second-order valence-electron chi connectivity index (χ2n) is 5.00. The zero-order chi connectivity index (χ0) is 18.6. The molecule has 1 aromatic carbocycles. The molecule has 0 aliphatic rings. The highest BCUT2D eigenvalue weighted by Crippen LogP contribution is 2.36. The predicted octanol–water partition coefficient (Wildman–Crippen LogP) is 3.20. The first-order valence-electron chi connectivity index (χ1n) is 6.85. The Morgan fingerprint density at radius 1 is 1.20 bits per heavy atom. The first-order chi connectivity index (χ1) is 11.7. The van der Waals surface area contributed by atoms with E-state index in [-0.39, 0.29) is 34.0 Å². The van der Waals surface area contributed by atoms with Crippen LogP contribution in [-0.2, 0) is 0 Å². The molecule has 0 unspecified atom stereocenters. The Morgan fingerprint density at radius 3 is 2.36 bits per heavy atom. The maximum Gasteiger partial charge on any atom is 0.446 e. The lowest BCUT2D eigenvalue weighted by atomic mass is 10.1. The van der Waals surface area contributed by atoms with Crippen molar-refractivity contribution in [3.63, 3.8) is 0 Å². The van der Waals surface area contributed by atoms with Gasteiger partial charge in [0, 0.05) is 19.0 Å². The first kappa shape index (κ1) is 18.5. The number of halogens is 3. The van der Waals surface area contributed by atoms with E-state index in [1.165, 1.54) is 30.3 Å². The summed E-state index contributed by atoms with van der Waals surface area (Å²) >= 11 is -0.203. The summed E-state index contributed by atoms with van der Waals surface area (Å²) in [6.45, 7) is 0. The van der Waals surface area contributed by atoms with Gasteiger partial charge in [0.15, 0.2) is 5.82 Å². The summed E-state index contributed by atoms with van der Waals surface area (Å²) in [7, 11) is 3.43. The number of benzene rings is 1. The topological polar surface area (TPSA) is 91.7 Å². The van der Waals surface area contributed by atoms with Gasteiger partial charge in [0.25, 0.3) is 0 Å². The Kier molecular flexibility index (Phi) is 5.48. The van der Waals surface area contributed by atoms with Gasteiger partial charge in [-0.25, -0.2) is 0 Å². The molecular formula is C15H13F3N6S. The van der Waals surface area contributed by atoms with Gasteiger partial charge in [0.05, 0.1) is 5.57 Å². The van der Waals surface area contributed by atoms with Crippen LogP contribution in [0, 0.1) is 11.3 Å². The second-order valence-corrected chi connectivity index (χ2v) is 6.14. The number of nitriles is 1. The molecule has 0 radical (unpaired) electrons. The standard InChI is InChI=1S/C15H13F3N6S/c1-24(2)14-22-12(21-13(20)23-14)10(8-19)7-9-3-5-11(6-4-9)25-15(16,17)18/h3-7H,1-2H3,(H2,20,21,22,23)/b10-7+. The monoisotopic (exact) mass is 366 g/mol. The van der Waals surface area contributed by atoms with E-state index in [1.54, 1.807) is 19.0 Å². The summed E-state index contributed by atoms with van der Waals surface area (Å²) in [6.07, 6.45) is 1.47. The molecule has 2 rings (SSSR count). The van der Waals surface area contributed by atoms with E-state index in [0.29, 0.717) is 11.5 Å². The van der Waals surface area contributed by atoms with Crippen LogP contribution in [-0.4, -0.2) is 34.6 Å². The molecule has 25 heavy (non-hydrogen) atoms. The number of nitrogens with two attached hydrogens (primary N) is 1. The molecule has 0 atom stereocenters. The van der Waals surface area contributed by atoms with Crippen molar-refractivity contribution in [3.05, 3.63) is 35.7 Å². The Morgan fingerprint density at radius 2 is 1.84 bits per heavy atom. The molecular weight excluding hydrogens is 353 g/mol. The molecule has 1 aromatic heterocycles. The molecule has 0 saturated heterocycles. The fourth-order valence-electron chi connectivity index (χ4n) is 1.78. The van der Waals surface area contributed by atoms with E-state index >= 15 is 0 Å². The SMILES string of the molecule is CN(C)c1nc(N)nc(/C(C#N)=C/c2ccc(SC(F)(F)F)cc2)n1. The molecule has 0 fully saturated rings. The number of aromatic nitrogens is 3. The Labute approximate surface area is 146 Å². The number of allylic oxidation sites excluding steroid dienone is 1. The lowest BCUT2D eigenvalue weighted by molar-refractivity contribution is -0.0328. The number of nitrogens with zero attached hydrogens (tertiary/aromatic N) is 5. The van der Waals surface area contributed by atoms with E-state index in [0.717, 1.165) is 0 Å². The maximum atomic E-state index is 12.3. The highest BCUT2D eigenvalue weighted by molar-refractivity contribution is 8.00. The smallest absolute Gasteiger partial charge is 0.368 e. The Balaban J connectivity index is 2.33. The molecule has 10 heteroatoms. The summed E-state index contributed by atoms with van der Waals surface area (Å²) in [5.41, 5.74) is 1.93. The van der Waals surface area contributed by atoms with Gasteiger partial charge in [0.1, 0.15) is 6.07 Å². The van der Waals surface area contributed by atoms with Crippen molar-refractivity contribution in [2.24, 2.45) is 0 Å². The molecule has 0 aliphatic heterocycles. The fourth-order valence-corrected chi connectivity index (χ4v) is 2.32. The number of nitrogen functional groups attached to an aromatic ring is 1. The molecule has 0 saturated carbocycles. The highest BCUT2D eigenvalue weighted by Gasteiger charge is 2.28. The Hall–Kier alpha value is -2.80. The van der Waals surface area contributed by atoms with E-state index in [2.05, 4.69) is 15.0 Å². The van der Waals surface area contributed by atoms with Crippen LogP contribution in [0.1, 0.15) is 11.4 Å². The molecule has 2 aromatic rings. The minimum Gasteiger partial charge on any atom is -0.368 e. The molecule has 130 valence electrons. The van der Waals surface area contributed by atoms with Crippen molar-refractivity contribution < 1.29 is 13.2 Å². The number of alkyl halides is 3. The van der Waals surface area contributed by atoms with E-state index < -0.39 is 5.51 Å². The largest absolute Gasteiger partial charge is 0.446 e. The summed E-state index contributed by atoms with van der Waals surface area (Å²) in [5.74, 6) is 0.347. The van der Waals surface area contributed by atoms with Crippen molar-refractivity contribution >= 4 is 35.3 Å².